The second-order valence-corrected chi connectivity index (χ2v) is 11.9. The van der Waals surface area contributed by atoms with E-state index >= 15 is 0 Å². The number of hydrogen-bond donors (Lipinski definition) is 0. The summed E-state index contributed by atoms with van der Waals surface area (Å²) in [5, 5.41) is 5.60. The number of hydrogen-bond acceptors (Lipinski definition) is 0. The van der Waals surface area contributed by atoms with Crippen LogP contribution in [-0.4, -0.2) is 0 Å². The summed E-state index contributed by atoms with van der Waals surface area (Å²) in [6.45, 7) is 23.1. The Balaban J connectivity index is 2.26. The molecule has 0 aliphatic heterocycles. The van der Waals surface area contributed by atoms with Gasteiger partial charge in [0.1, 0.15) is 0 Å². The zero-order chi connectivity index (χ0) is 22.9. The minimum atomic E-state index is 0.0750. The van der Waals surface area contributed by atoms with Crippen molar-refractivity contribution < 1.29 is 0 Å². The summed E-state index contributed by atoms with van der Waals surface area (Å²) in [7, 11) is 0. The molecule has 2 aromatic rings. The molecule has 162 valence electrons. The highest BCUT2D eigenvalue weighted by Gasteiger charge is 2.26. The van der Waals surface area contributed by atoms with Crippen LogP contribution in [0.15, 0.2) is 42.0 Å². The number of allylic oxidation sites excluding steroid dienone is 4. The maximum absolute atomic E-state index is 2.50. The molecule has 0 fully saturated rings. The van der Waals surface area contributed by atoms with Gasteiger partial charge in [0.25, 0.3) is 0 Å². The summed E-state index contributed by atoms with van der Waals surface area (Å²) in [4.78, 5) is 0. The van der Waals surface area contributed by atoms with Gasteiger partial charge in [-0.2, -0.15) is 0 Å². The first-order valence-electron chi connectivity index (χ1n) is 11.7. The van der Waals surface area contributed by atoms with E-state index in [1.807, 2.05) is 0 Å². The van der Waals surface area contributed by atoms with Crippen LogP contribution < -0.4 is 10.4 Å². The van der Waals surface area contributed by atoms with Crippen LogP contribution in [0.3, 0.4) is 0 Å². The summed E-state index contributed by atoms with van der Waals surface area (Å²) in [5.74, 6) is 0.444. The number of fused-ring (bicyclic) bond motifs is 2. The molecular formula is C31H38. The fourth-order valence-electron chi connectivity index (χ4n) is 5.23. The summed E-state index contributed by atoms with van der Waals surface area (Å²) in [5.41, 5.74) is 10.2. The number of rotatable bonds is 1. The molecule has 1 unspecified atom stereocenters. The first-order chi connectivity index (χ1) is 14.3. The van der Waals surface area contributed by atoms with E-state index in [2.05, 4.69) is 112 Å². The van der Waals surface area contributed by atoms with E-state index in [0.29, 0.717) is 5.92 Å². The lowest BCUT2D eigenvalue weighted by Crippen LogP contribution is -2.28. The van der Waals surface area contributed by atoms with Crippen molar-refractivity contribution in [3.05, 3.63) is 85.1 Å². The first-order valence-corrected chi connectivity index (χ1v) is 11.7. The van der Waals surface area contributed by atoms with Crippen molar-refractivity contribution in [2.24, 2.45) is 5.92 Å². The average Bonchev–Trinajstić information content (AvgIpc) is 3.16. The third-order valence-electron chi connectivity index (χ3n) is 6.86. The normalized spacial score (nSPS) is 17.7. The Kier molecular flexibility index (Phi) is 5.00. The van der Waals surface area contributed by atoms with Gasteiger partial charge >= 0.3 is 0 Å². The van der Waals surface area contributed by atoms with Crippen molar-refractivity contribution in [2.75, 3.05) is 0 Å². The summed E-state index contributed by atoms with van der Waals surface area (Å²) >= 11 is 0. The van der Waals surface area contributed by atoms with Gasteiger partial charge in [-0.05, 0) is 92.4 Å². The van der Waals surface area contributed by atoms with Gasteiger partial charge in [0, 0.05) is 5.92 Å². The van der Waals surface area contributed by atoms with Gasteiger partial charge in [-0.25, -0.2) is 0 Å². The van der Waals surface area contributed by atoms with E-state index in [4.69, 9.17) is 0 Å². The maximum atomic E-state index is 2.50. The fraction of sp³-hybridized carbons (Fsp3) is 0.419. The molecule has 0 heterocycles. The van der Waals surface area contributed by atoms with Crippen LogP contribution in [0.4, 0.5) is 0 Å². The average molecular weight is 411 g/mol. The summed E-state index contributed by atoms with van der Waals surface area (Å²) in [6, 6.07) is 9.57. The highest BCUT2D eigenvalue weighted by Crippen LogP contribution is 2.36. The van der Waals surface area contributed by atoms with Crippen molar-refractivity contribution >= 4 is 17.2 Å². The Labute approximate surface area is 188 Å². The van der Waals surface area contributed by atoms with Crippen LogP contribution in [0.25, 0.3) is 17.2 Å². The molecule has 0 spiro atoms. The molecule has 0 saturated heterocycles. The van der Waals surface area contributed by atoms with Gasteiger partial charge in [-0.1, -0.05) is 90.0 Å². The van der Waals surface area contributed by atoms with E-state index in [1.54, 1.807) is 0 Å². The second kappa shape index (κ2) is 7.09. The predicted octanol–water partition coefficient (Wildman–Crippen LogP) is 6.88. The van der Waals surface area contributed by atoms with Gasteiger partial charge < -0.3 is 0 Å². The molecule has 0 saturated carbocycles. The molecule has 4 rings (SSSR count). The van der Waals surface area contributed by atoms with Crippen molar-refractivity contribution in [2.45, 2.75) is 80.1 Å². The standard InChI is InChI=1S/C31H38/c1-18(2)28-27(31(8,9)10)17-25-24-16-22(30(5,6)7)12-11-21(24)15-26(25)29(28)23-14-19(3)13-20(23)4/h11-17,20H,1-10H3. The molecule has 2 aliphatic rings. The van der Waals surface area contributed by atoms with Crippen LogP contribution in [0.2, 0.25) is 0 Å². The smallest absolute Gasteiger partial charge is 0.000175 e. The molecule has 0 heteroatoms. The fourth-order valence-corrected chi connectivity index (χ4v) is 5.23. The Morgan fingerprint density at radius 3 is 2.03 bits per heavy atom. The molecule has 2 aliphatic carbocycles. The van der Waals surface area contributed by atoms with E-state index in [1.165, 1.54) is 59.8 Å². The molecule has 2 aromatic carbocycles. The zero-order valence-electron chi connectivity index (χ0n) is 21.1. The lowest BCUT2D eigenvalue weighted by atomic mass is 9.79. The molecule has 31 heavy (non-hydrogen) atoms. The van der Waals surface area contributed by atoms with E-state index in [9.17, 15) is 0 Å². The Morgan fingerprint density at radius 2 is 1.52 bits per heavy atom. The molecule has 0 N–H and O–H groups in total. The minimum Gasteiger partial charge on any atom is -0.0743 e. The molecule has 0 radical (unpaired) electrons. The van der Waals surface area contributed by atoms with Crippen LogP contribution >= 0.6 is 0 Å². The highest BCUT2D eigenvalue weighted by atomic mass is 14.3. The molecule has 0 nitrogen and oxygen atoms in total. The Bertz CT molecular complexity index is 1360. The highest BCUT2D eigenvalue weighted by molar-refractivity contribution is 5.83. The predicted molar refractivity (Wildman–Crippen MR) is 136 cm³/mol. The maximum Gasteiger partial charge on any atom is 0.000175 e. The lowest BCUT2D eigenvalue weighted by Gasteiger charge is -2.25. The van der Waals surface area contributed by atoms with E-state index in [-0.39, 0.29) is 10.8 Å². The van der Waals surface area contributed by atoms with Crippen LogP contribution in [-0.2, 0) is 10.8 Å². The Hall–Kier alpha value is -2.34. The topological polar surface area (TPSA) is 0 Å². The van der Waals surface area contributed by atoms with Gasteiger partial charge in [0.15, 0.2) is 0 Å². The third-order valence-corrected chi connectivity index (χ3v) is 6.86. The monoisotopic (exact) mass is 410 g/mol. The van der Waals surface area contributed by atoms with Crippen molar-refractivity contribution in [1.82, 2.24) is 0 Å². The van der Waals surface area contributed by atoms with Gasteiger partial charge in [-0.3, -0.25) is 0 Å². The SMILES string of the molecule is CC1=CC(C)C(c2c3c(cc(C(C)(C)C)c2=C(C)C)=c2cc(C(C)(C)C)ccc2=C3)=C1. The van der Waals surface area contributed by atoms with Gasteiger partial charge in [-0.15, -0.1) is 0 Å². The van der Waals surface area contributed by atoms with Crippen LogP contribution in [0, 0.1) is 16.4 Å². The lowest BCUT2D eigenvalue weighted by molar-refractivity contribution is 0.584. The van der Waals surface area contributed by atoms with Crippen molar-refractivity contribution in [3.63, 3.8) is 0 Å². The summed E-state index contributed by atoms with van der Waals surface area (Å²) < 4.78 is 0. The minimum absolute atomic E-state index is 0.0750. The zero-order valence-corrected chi connectivity index (χ0v) is 21.1. The van der Waals surface area contributed by atoms with Crippen molar-refractivity contribution in [3.8, 4) is 0 Å². The molecule has 0 aromatic heterocycles. The van der Waals surface area contributed by atoms with E-state index in [0.717, 1.165) is 0 Å². The molecular weight excluding hydrogens is 372 g/mol. The van der Waals surface area contributed by atoms with E-state index < -0.39 is 0 Å². The molecule has 0 bridgehead atoms. The van der Waals surface area contributed by atoms with Gasteiger partial charge in [0.05, 0.1) is 0 Å². The number of benzene rings is 2. The third kappa shape index (κ3) is 3.65. The largest absolute Gasteiger partial charge is 0.0743 e. The summed E-state index contributed by atoms with van der Waals surface area (Å²) in [6.07, 6.45) is 7.25. The van der Waals surface area contributed by atoms with Gasteiger partial charge in [0.2, 0.25) is 0 Å². The van der Waals surface area contributed by atoms with Crippen LogP contribution in [0.1, 0.15) is 91.5 Å². The Morgan fingerprint density at radius 1 is 0.839 bits per heavy atom. The molecule has 0 amide bonds. The first kappa shape index (κ1) is 21.9. The molecule has 1 atom stereocenters. The quantitative estimate of drug-likeness (QED) is 0.410. The van der Waals surface area contributed by atoms with Crippen LogP contribution in [0.5, 0.6) is 0 Å². The second-order valence-electron chi connectivity index (χ2n) is 11.9. The van der Waals surface area contributed by atoms with Crippen molar-refractivity contribution in [1.29, 1.82) is 0 Å².